The second kappa shape index (κ2) is 4.57. The van der Waals surface area contributed by atoms with E-state index in [4.69, 9.17) is 9.16 Å². The average Bonchev–Trinajstić information content (AvgIpc) is 2.04. The molecule has 3 nitrogen and oxygen atoms in total. The maximum Gasteiger partial charge on any atom is 0.333 e. The zero-order valence-electron chi connectivity index (χ0n) is 9.01. The molecule has 0 aliphatic heterocycles. The molecule has 1 atom stereocenters. The maximum atomic E-state index is 11.1. The Bertz CT molecular complexity index is 211. The Morgan fingerprint density at radius 3 is 2.31 bits per heavy atom. The Hall–Kier alpha value is -0.613. The van der Waals surface area contributed by atoms with Crippen molar-refractivity contribution >= 4 is 16.5 Å². The number of carbonyl (C=O) groups is 1. The van der Waals surface area contributed by atoms with Crippen molar-refractivity contribution in [3.8, 4) is 0 Å². The fourth-order valence-electron chi connectivity index (χ4n) is 0.569. The van der Waals surface area contributed by atoms with Crippen LogP contribution in [0.15, 0.2) is 12.2 Å². The number of hydrogen-bond donors (Lipinski definition) is 0. The molecule has 0 rings (SSSR count). The van der Waals surface area contributed by atoms with E-state index in [1.165, 1.54) is 0 Å². The van der Waals surface area contributed by atoms with Crippen LogP contribution in [0.5, 0.6) is 0 Å². The lowest BCUT2D eigenvalue weighted by molar-refractivity contribution is -0.152. The molecule has 0 spiro atoms. The van der Waals surface area contributed by atoms with E-state index in [9.17, 15) is 4.79 Å². The summed E-state index contributed by atoms with van der Waals surface area (Å²) >= 11 is 0. The molecule has 76 valence electrons. The first kappa shape index (κ1) is 12.4. The fraction of sp³-hybridized carbons (Fsp3) is 0.667. The Morgan fingerprint density at radius 1 is 1.54 bits per heavy atom. The number of rotatable bonds is 4. The molecule has 1 unspecified atom stereocenters. The summed E-state index contributed by atoms with van der Waals surface area (Å²) in [5.74, 6) is -0.362. The summed E-state index contributed by atoms with van der Waals surface area (Å²) in [5.41, 5.74) is 0.00754. The normalized spacial score (nSPS) is 13.8. The lowest BCUT2D eigenvalue weighted by Crippen LogP contribution is -2.39. The first-order valence-corrected chi connectivity index (χ1v) is 5.04. The van der Waals surface area contributed by atoms with Crippen LogP contribution in [0, 0.1) is 0 Å². The standard InChI is InChI=1S/C9H18O3Si/c1-6(2)8(10)11-7(3)9(4,5)12-13/h7H,1H2,2-5,13H3. The van der Waals surface area contributed by atoms with E-state index in [0.717, 1.165) is 0 Å². The van der Waals surface area contributed by atoms with Crippen LogP contribution in [0.2, 0.25) is 0 Å². The van der Waals surface area contributed by atoms with E-state index in [0.29, 0.717) is 16.1 Å². The van der Waals surface area contributed by atoms with Crippen molar-refractivity contribution in [1.82, 2.24) is 0 Å². The highest BCUT2D eigenvalue weighted by atomic mass is 28.2. The molecule has 0 aliphatic carbocycles. The third-order valence-electron chi connectivity index (χ3n) is 2.14. The quantitative estimate of drug-likeness (QED) is 0.380. The minimum Gasteiger partial charge on any atom is -0.456 e. The Balaban J connectivity index is 4.23. The molecular formula is C9H18O3Si. The van der Waals surface area contributed by atoms with Crippen molar-refractivity contribution in [3.63, 3.8) is 0 Å². The SMILES string of the molecule is C=C(C)C(=O)OC(C)C(C)(C)O[SiH3]. The molecule has 0 amide bonds. The summed E-state index contributed by atoms with van der Waals surface area (Å²) in [4.78, 5) is 11.1. The molecule has 0 bridgehead atoms. The largest absolute Gasteiger partial charge is 0.456 e. The van der Waals surface area contributed by atoms with Crippen LogP contribution in [0.4, 0.5) is 0 Å². The Morgan fingerprint density at radius 2 is 2.00 bits per heavy atom. The predicted octanol–water partition coefficient (Wildman–Crippen LogP) is 0.570. The summed E-state index contributed by atoms with van der Waals surface area (Å²) in [5, 5.41) is 0. The molecular weight excluding hydrogens is 184 g/mol. The van der Waals surface area contributed by atoms with Gasteiger partial charge in [0.2, 0.25) is 0 Å². The summed E-state index contributed by atoms with van der Waals surface area (Å²) in [6.45, 7) is 10.8. The zero-order valence-corrected chi connectivity index (χ0v) is 11.0. The second-order valence-corrected chi connectivity index (χ2v) is 4.04. The van der Waals surface area contributed by atoms with Crippen molar-refractivity contribution in [2.24, 2.45) is 0 Å². The summed E-state index contributed by atoms with van der Waals surface area (Å²) in [6.07, 6.45) is -0.255. The van der Waals surface area contributed by atoms with E-state index in [2.05, 4.69) is 6.58 Å². The van der Waals surface area contributed by atoms with Crippen molar-refractivity contribution in [3.05, 3.63) is 12.2 Å². The molecule has 0 aromatic heterocycles. The van der Waals surface area contributed by atoms with Gasteiger partial charge in [0.05, 0.1) is 5.60 Å². The highest BCUT2D eigenvalue weighted by Gasteiger charge is 2.27. The van der Waals surface area contributed by atoms with Gasteiger partial charge >= 0.3 is 5.97 Å². The van der Waals surface area contributed by atoms with Crippen LogP contribution in [0.1, 0.15) is 27.7 Å². The molecule has 0 aromatic rings. The Kier molecular flexibility index (Phi) is 4.36. The lowest BCUT2D eigenvalue weighted by atomic mass is 10.0. The van der Waals surface area contributed by atoms with E-state index in [1.54, 1.807) is 6.92 Å². The van der Waals surface area contributed by atoms with Gasteiger partial charge in [0.1, 0.15) is 16.6 Å². The number of carbonyl (C=O) groups excluding carboxylic acids is 1. The first-order chi connectivity index (χ1) is 5.81. The van der Waals surface area contributed by atoms with Crippen molar-refractivity contribution in [1.29, 1.82) is 0 Å². The molecule has 0 fully saturated rings. The minimum absolute atomic E-state index is 0.255. The van der Waals surface area contributed by atoms with Gasteiger partial charge in [0.15, 0.2) is 0 Å². The number of esters is 1. The highest BCUT2D eigenvalue weighted by molar-refractivity contribution is 5.98. The van der Waals surface area contributed by atoms with Gasteiger partial charge in [0.25, 0.3) is 0 Å². The Labute approximate surface area is 82.7 Å². The molecule has 0 aromatic carbocycles. The van der Waals surface area contributed by atoms with E-state index < -0.39 is 5.60 Å². The van der Waals surface area contributed by atoms with Gasteiger partial charge in [-0.3, -0.25) is 0 Å². The molecule has 0 heterocycles. The summed E-state index contributed by atoms with van der Waals surface area (Å²) < 4.78 is 10.4. The zero-order chi connectivity index (χ0) is 10.6. The molecule has 0 radical (unpaired) electrons. The minimum atomic E-state index is -0.405. The lowest BCUT2D eigenvalue weighted by Gasteiger charge is -2.30. The van der Waals surface area contributed by atoms with Crippen molar-refractivity contribution < 1.29 is 14.0 Å². The second-order valence-electron chi connectivity index (χ2n) is 3.64. The van der Waals surface area contributed by atoms with Gasteiger partial charge in [-0.05, 0) is 27.7 Å². The van der Waals surface area contributed by atoms with E-state index >= 15 is 0 Å². The molecule has 0 saturated carbocycles. The molecule has 0 N–H and O–H groups in total. The van der Waals surface area contributed by atoms with Crippen LogP contribution >= 0.6 is 0 Å². The number of ether oxygens (including phenoxy) is 1. The van der Waals surface area contributed by atoms with Crippen LogP contribution in [0.25, 0.3) is 0 Å². The van der Waals surface area contributed by atoms with Crippen LogP contribution in [-0.4, -0.2) is 28.2 Å². The third kappa shape index (κ3) is 3.74. The highest BCUT2D eigenvalue weighted by Crippen LogP contribution is 2.16. The molecule has 0 saturated heterocycles. The van der Waals surface area contributed by atoms with Gasteiger partial charge in [-0.25, -0.2) is 4.79 Å². The first-order valence-electron chi connectivity index (χ1n) is 4.23. The van der Waals surface area contributed by atoms with Gasteiger partial charge < -0.3 is 9.16 Å². The predicted molar refractivity (Wildman–Crippen MR) is 55.5 cm³/mol. The maximum absolute atomic E-state index is 11.1. The average molecular weight is 202 g/mol. The smallest absolute Gasteiger partial charge is 0.333 e. The van der Waals surface area contributed by atoms with Crippen LogP contribution in [-0.2, 0) is 14.0 Å². The van der Waals surface area contributed by atoms with Crippen LogP contribution in [0.3, 0.4) is 0 Å². The molecule has 4 heteroatoms. The summed E-state index contributed by atoms with van der Waals surface area (Å²) in [6, 6.07) is 0. The molecule has 0 aliphatic rings. The van der Waals surface area contributed by atoms with Crippen molar-refractivity contribution in [2.45, 2.75) is 39.4 Å². The van der Waals surface area contributed by atoms with Gasteiger partial charge in [-0.15, -0.1) is 0 Å². The van der Waals surface area contributed by atoms with Gasteiger partial charge in [-0.2, -0.15) is 0 Å². The number of hydrogen-bond acceptors (Lipinski definition) is 3. The van der Waals surface area contributed by atoms with Gasteiger partial charge in [0, 0.05) is 5.57 Å². The summed E-state index contributed by atoms with van der Waals surface area (Å²) in [7, 11) is 0.628. The van der Waals surface area contributed by atoms with Crippen molar-refractivity contribution in [2.75, 3.05) is 0 Å². The van der Waals surface area contributed by atoms with Gasteiger partial charge in [-0.1, -0.05) is 6.58 Å². The van der Waals surface area contributed by atoms with E-state index in [-0.39, 0.29) is 12.1 Å². The fourth-order valence-corrected chi connectivity index (χ4v) is 0.901. The third-order valence-corrected chi connectivity index (χ3v) is 3.19. The van der Waals surface area contributed by atoms with Crippen LogP contribution < -0.4 is 0 Å². The van der Waals surface area contributed by atoms with E-state index in [1.807, 2.05) is 20.8 Å². The molecule has 13 heavy (non-hydrogen) atoms. The monoisotopic (exact) mass is 202 g/mol. The topological polar surface area (TPSA) is 35.5 Å².